The Bertz CT molecular complexity index is 919. The third kappa shape index (κ3) is 3.49. The lowest BCUT2D eigenvalue weighted by atomic mass is 10.1. The second-order valence-electron chi connectivity index (χ2n) is 5.36. The first-order valence-electron chi connectivity index (χ1n) is 7.35. The highest BCUT2D eigenvalue weighted by Gasteiger charge is 2.05. The Morgan fingerprint density at radius 1 is 1.04 bits per heavy atom. The van der Waals surface area contributed by atoms with Crippen LogP contribution in [0.5, 0.6) is 5.75 Å². The Kier molecular flexibility index (Phi) is 4.67. The zero-order valence-corrected chi connectivity index (χ0v) is 13.8. The molecule has 0 fully saturated rings. The molecule has 122 valence electrons. The molecule has 3 rings (SSSR count). The fourth-order valence-electron chi connectivity index (χ4n) is 2.44. The van der Waals surface area contributed by atoms with Crippen molar-refractivity contribution in [3.63, 3.8) is 0 Å². The molecule has 0 aliphatic heterocycles. The summed E-state index contributed by atoms with van der Waals surface area (Å²) >= 11 is 5.80. The van der Waals surface area contributed by atoms with E-state index in [9.17, 15) is 9.18 Å². The first-order chi connectivity index (χ1) is 11.6. The maximum absolute atomic E-state index is 13.3. The van der Waals surface area contributed by atoms with Crippen LogP contribution in [0.2, 0.25) is 5.02 Å². The van der Waals surface area contributed by atoms with Crippen LogP contribution in [0.4, 0.5) is 4.39 Å². The Morgan fingerprint density at radius 2 is 1.75 bits per heavy atom. The molecule has 1 heterocycles. The summed E-state index contributed by atoms with van der Waals surface area (Å²) in [5, 5.41) is 0.0480. The summed E-state index contributed by atoms with van der Waals surface area (Å²) in [7, 11) is 1.61. The van der Waals surface area contributed by atoms with Crippen LogP contribution in [-0.2, 0) is 6.54 Å². The van der Waals surface area contributed by atoms with E-state index in [0.717, 1.165) is 22.4 Å². The zero-order chi connectivity index (χ0) is 17.1. The summed E-state index contributed by atoms with van der Waals surface area (Å²) in [4.78, 5) is 12.1. The van der Waals surface area contributed by atoms with Gasteiger partial charge in [0.15, 0.2) is 0 Å². The minimum atomic E-state index is -0.472. The molecule has 0 radical (unpaired) electrons. The van der Waals surface area contributed by atoms with Gasteiger partial charge in [0.1, 0.15) is 11.6 Å². The zero-order valence-electron chi connectivity index (χ0n) is 13.0. The largest absolute Gasteiger partial charge is 0.497 e. The number of rotatable bonds is 4. The third-order valence-corrected chi connectivity index (χ3v) is 4.03. The molecule has 0 N–H and O–H groups in total. The van der Waals surface area contributed by atoms with Gasteiger partial charge in [0.2, 0.25) is 0 Å². The van der Waals surface area contributed by atoms with Crippen LogP contribution in [0.25, 0.3) is 11.1 Å². The van der Waals surface area contributed by atoms with Crippen molar-refractivity contribution in [1.29, 1.82) is 0 Å². The fourth-order valence-corrected chi connectivity index (χ4v) is 2.65. The molecule has 0 bridgehead atoms. The Balaban J connectivity index is 1.93. The third-order valence-electron chi connectivity index (χ3n) is 3.74. The molecule has 0 aliphatic rings. The second kappa shape index (κ2) is 6.89. The number of aromatic nitrogens is 1. The second-order valence-corrected chi connectivity index (χ2v) is 5.77. The molecule has 1 aromatic heterocycles. The summed E-state index contributed by atoms with van der Waals surface area (Å²) in [6, 6.07) is 15.3. The molecule has 2 aromatic carbocycles. The lowest BCUT2D eigenvalue weighted by Crippen LogP contribution is -2.19. The van der Waals surface area contributed by atoms with E-state index in [4.69, 9.17) is 16.3 Å². The van der Waals surface area contributed by atoms with Gasteiger partial charge in [-0.3, -0.25) is 4.79 Å². The number of methoxy groups -OCH3 is 1. The van der Waals surface area contributed by atoms with Crippen LogP contribution in [0.1, 0.15) is 5.56 Å². The van der Waals surface area contributed by atoms with Gasteiger partial charge in [0.05, 0.1) is 18.7 Å². The van der Waals surface area contributed by atoms with Crippen molar-refractivity contribution in [2.75, 3.05) is 7.11 Å². The van der Waals surface area contributed by atoms with Gasteiger partial charge in [-0.1, -0.05) is 29.8 Å². The molecule has 3 nitrogen and oxygen atoms in total. The quantitative estimate of drug-likeness (QED) is 0.704. The van der Waals surface area contributed by atoms with Crippen molar-refractivity contribution in [3.8, 4) is 16.9 Å². The van der Waals surface area contributed by atoms with Crippen LogP contribution >= 0.6 is 11.6 Å². The molecule has 0 aliphatic carbocycles. The molecule has 24 heavy (non-hydrogen) atoms. The van der Waals surface area contributed by atoms with Gasteiger partial charge in [-0.15, -0.1) is 0 Å². The number of halogens is 2. The standard InChI is InChI=1S/C19H15ClFNO2/c1-24-16-6-3-14(4-7-16)15-5-9-19(23)22(12-15)11-13-2-8-18(21)17(20)10-13/h2-10,12H,11H2,1H3. The molecule has 0 atom stereocenters. The van der Waals surface area contributed by atoms with Crippen molar-refractivity contribution in [1.82, 2.24) is 4.57 Å². The van der Waals surface area contributed by atoms with Gasteiger partial charge in [0.25, 0.3) is 5.56 Å². The van der Waals surface area contributed by atoms with Crippen molar-refractivity contribution >= 4 is 11.6 Å². The van der Waals surface area contributed by atoms with Crippen LogP contribution in [0.15, 0.2) is 65.6 Å². The monoisotopic (exact) mass is 343 g/mol. The van der Waals surface area contributed by atoms with Crippen LogP contribution < -0.4 is 10.3 Å². The van der Waals surface area contributed by atoms with E-state index in [1.165, 1.54) is 18.2 Å². The molecule has 0 saturated carbocycles. The van der Waals surface area contributed by atoms with Gasteiger partial charge in [-0.05, 0) is 47.0 Å². The summed E-state index contributed by atoms with van der Waals surface area (Å²) in [6.45, 7) is 0.322. The van der Waals surface area contributed by atoms with Crippen LogP contribution in [-0.4, -0.2) is 11.7 Å². The van der Waals surface area contributed by atoms with E-state index < -0.39 is 5.82 Å². The van der Waals surface area contributed by atoms with Crippen LogP contribution in [0.3, 0.4) is 0 Å². The van der Waals surface area contributed by atoms with Crippen LogP contribution in [0, 0.1) is 5.82 Å². The average Bonchev–Trinajstić information content (AvgIpc) is 2.60. The first kappa shape index (κ1) is 16.3. The predicted molar refractivity (Wildman–Crippen MR) is 93.2 cm³/mol. The Labute approximate surface area is 143 Å². The van der Waals surface area contributed by atoms with Gasteiger partial charge < -0.3 is 9.30 Å². The Morgan fingerprint density at radius 3 is 2.42 bits per heavy atom. The van der Waals surface area contributed by atoms with Crippen molar-refractivity contribution < 1.29 is 9.13 Å². The molecular formula is C19H15ClFNO2. The molecule has 0 amide bonds. The molecule has 3 aromatic rings. The number of hydrogen-bond acceptors (Lipinski definition) is 2. The maximum atomic E-state index is 13.3. The van der Waals surface area contributed by atoms with Gasteiger partial charge in [-0.25, -0.2) is 4.39 Å². The van der Waals surface area contributed by atoms with Crippen molar-refractivity contribution in [2.24, 2.45) is 0 Å². The Hall–Kier alpha value is -2.59. The lowest BCUT2D eigenvalue weighted by Gasteiger charge is -2.10. The minimum Gasteiger partial charge on any atom is -0.497 e. The molecular weight excluding hydrogens is 329 g/mol. The number of nitrogens with zero attached hydrogens (tertiary/aromatic N) is 1. The predicted octanol–water partition coefficient (Wildman–Crippen LogP) is 4.36. The summed E-state index contributed by atoms with van der Waals surface area (Å²) in [5.74, 6) is 0.299. The first-order valence-corrected chi connectivity index (χ1v) is 7.73. The highest BCUT2D eigenvalue weighted by Crippen LogP contribution is 2.22. The van der Waals surface area contributed by atoms with Crippen molar-refractivity contribution in [3.05, 3.63) is 87.6 Å². The van der Waals surface area contributed by atoms with E-state index in [-0.39, 0.29) is 10.6 Å². The van der Waals surface area contributed by atoms with E-state index in [1.54, 1.807) is 30.0 Å². The normalized spacial score (nSPS) is 10.6. The van der Waals surface area contributed by atoms with Gasteiger partial charge in [-0.2, -0.15) is 0 Å². The molecule has 0 spiro atoms. The average molecular weight is 344 g/mol. The highest BCUT2D eigenvalue weighted by atomic mass is 35.5. The number of ether oxygens (including phenoxy) is 1. The van der Waals surface area contributed by atoms with E-state index in [2.05, 4.69) is 0 Å². The summed E-state index contributed by atoms with van der Waals surface area (Å²) < 4.78 is 20.0. The summed E-state index contributed by atoms with van der Waals surface area (Å²) in [5.41, 5.74) is 2.51. The minimum absolute atomic E-state index is 0.0480. The molecule has 0 unspecified atom stereocenters. The smallest absolute Gasteiger partial charge is 0.250 e. The number of benzene rings is 2. The van der Waals surface area contributed by atoms with E-state index in [1.807, 2.05) is 24.3 Å². The van der Waals surface area contributed by atoms with Gasteiger partial charge in [0, 0.05) is 12.3 Å². The fraction of sp³-hybridized carbons (Fsp3) is 0.105. The molecule has 0 saturated heterocycles. The molecule has 5 heteroatoms. The van der Waals surface area contributed by atoms with Crippen molar-refractivity contribution in [2.45, 2.75) is 6.54 Å². The SMILES string of the molecule is COc1ccc(-c2ccc(=O)n(Cc3ccc(F)c(Cl)c3)c2)cc1. The maximum Gasteiger partial charge on any atom is 0.250 e. The number of pyridine rings is 1. The summed E-state index contributed by atoms with van der Waals surface area (Å²) in [6.07, 6.45) is 1.78. The highest BCUT2D eigenvalue weighted by molar-refractivity contribution is 6.30. The number of hydrogen-bond donors (Lipinski definition) is 0. The van der Waals surface area contributed by atoms with E-state index >= 15 is 0 Å². The van der Waals surface area contributed by atoms with E-state index in [0.29, 0.717) is 6.54 Å². The van der Waals surface area contributed by atoms with Gasteiger partial charge >= 0.3 is 0 Å². The lowest BCUT2D eigenvalue weighted by molar-refractivity contribution is 0.415. The topological polar surface area (TPSA) is 31.2 Å².